The predicted molar refractivity (Wildman–Crippen MR) is 116 cm³/mol. The number of hydrogen-bond donors (Lipinski definition) is 0. The van der Waals surface area contributed by atoms with Gasteiger partial charge < -0.3 is 0 Å². The summed E-state index contributed by atoms with van der Waals surface area (Å²) in [6, 6.07) is 32.0. The molecule has 1 aliphatic carbocycles. The van der Waals surface area contributed by atoms with Gasteiger partial charge in [0.05, 0.1) is 17.1 Å². The van der Waals surface area contributed by atoms with E-state index in [1.165, 1.54) is 28.0 Å². The Morgan fingerprint density at radius 2 is 1.39 bits per heavy atom. The van der Waals surface area contributed by atoms with Crippen molar-refractivity contribution in [3.05, 3.63) is 119 Å². The van der Waals surface area contributed by atoms with Crippen molar-refractivity contribution in [2.45, 2.75) is 19.3 Å². The molecule has 0 N–H and O–H groups in total. The molecule has 0 unspecified atom stereocenters. The van der Waals surface area contributed by atoms with Crippen molar-refractivity contribution in [1.82, 2.24) is 9.78 Å². The molecule has 5 rings (SSSR count). The lowest BCUT2D eigenvalue weighted by molar-refractivity contribution is 0.819. The SMILES string of the molecule is Cc1nn(-c2ccccc2)c2c1[C@H](c1ccccc1)CC(c1ccccc1)=C2. The Bertz CT molecular complexity index is 1120. The van der Waals surface area contributed by atoms with Gasteiger partial charge in [-0.3, -0.25) is 0 Å². The van der Waals surface area contributed by atoms with Crippen LogP contribution in [0.3, 0.4) is 0 Å². The Hall–Kier alpha value is -3.39. The fourth-order valence-electron chi connectivity index (χ4n) is 4.26. The largest absolute Gasteiger partial charge is 0.233 e. The third-order valence-electron chi connectivity index (χ3n) is 5.57. The van der Waals surface area contributed by atoms with Crippen LogP contribution in [0.4, 0.5) is 0 Å². The molecule has 3 aromatic carbocycles. The summed E-state index contributed by atoms with van der Waals surface area (Å²) in [6.45, 7) is 2.13. The Morgan fingerprint density at radius 3 is 2.07 bits per heavy atom. The maximum atomic E-state index is 4.94. The van der Waals surface area contributed by atoms with Crippen LogP contribution in [0.5, 0.6) is 0 Å². The topological polar surface area (TPSA) is 17.8 Å². The molecule has 0 bridgehead atoms. The van der Waals surface area contributed by atoms with Crippen LogP contribution in [0.25, 0.3) is 17.3 Å². The van der Waals surface area contributed by atoms with Crippen molar-refractivity contribution in [3.8, 4) is 5.69 Å². The monoisotopic (exact) mass is 362 g/mol. The quantitative estimate of drug-likeness (QED) is 0.421. The number of benzene rings is 3. The Labute approximate surface area is 165 Å². The molecule has 0 saturated carbocycles. The summed E-state index contributed by atoms with van der Waals surface area (Å²) < 4.78 is 2.10. The smallest absolute Gasteiger partial charge is 0.0712 e. The predicted octanol–water partition coefficient (Wildman–Crippen LogP) is 6.26. The molecule has 0 amide bonds. The standard InChI is InChI=1S/C26H22N2/c1-19-26-24(21-13-7-3-8-14-21)17-22(20-11-5-2-6-12-20)18-25(26)28(27-19)23-15-9-4-10-16-23/h2-16,18,24H,17H2,1H3/t24-/m0/s1. The molecular formula is C26H22N2. The molecule has 4 aromatic rings. The van der Waals surface area contributed by atoms with Crippen LogP contribution in [-0.2, 0) is 0 Å². The van der Waals surface area contributed by atoms with Gasteiger partial charge >= 0.3 is 0 Å². The van der Waals surface area contributed by atoms with Gasteiger partial charge in [-0.25, -0.2) is 4.68 Å². The summed E-state index contributed by atoms with van der Waals surface area (Å²) in [7, 11) is 0. The minimum atomic E-state index is 0.314. The van der Waals surface area contributed by atoms with Crippen molar-refractivity contribution in [2.24, 2.45) is 0 Å². The van der Waals surface area contributed by atoms with Crippen molar-refractivity contribution in [2.75, 3.05) is 0 Å². The highest BCUT2D eigenvalue weighted by atomic mass is 15.3. The number of aryl methyl sites for hydroxylation is 1. The number of aromatic nitrogens is 2. The number of allylic oxidation sites excluding steroid dienone is 1. The number of para-hydroxylation sites is 1. The number of hydrogen-bond acceptors (Lipinski definition) is 1. The van der Waals surface area contributed by atoms with Crippen LogP contribution in [0.2, 0.25) is 0 Å². The highest BCUT2D eigenvalue weighted by Crippen LogP contribution is 2.43. The molecule has 1 aliphatic rings. The van der Waals surface area contributed by atoms with Crippen LogP contribution in [0.15, 0.2) is 91.0 Å². The molecule has 2 nitrogen and oxygen atoms in total. The van der Waals surface area contributed by atoms with E-state index in [0.717, 1.165) is 17.8 Å². The Morgan fingerprint density at radius 1 is 0.786 bits per heavy atom. The van der Waals surface area contributed by atoms with Gasteiger partial charge in [0.2, 0.25) is 0 Å². The molecule has 1 heterocycles. The third-order valence-corrected chi connectivity index (χ3v) is 5.57. The average Bonchev–Trinajstić information content (AvgIpc) is 3.11. The number of rotatable bonds is 3. The molecule has 0 spiro atoms. The number of fused-ring (bicyclic) bond motifs is 1. The first kappa shape index (κ1) is 16.8. The van der Waals surface area contributed by atoms with Crippen molar-refractivity contribution in [1.29, 1.82) is 0 Å². The third kappa shape index (κ3) is 2.87. The van der Waals surface area contributed by atoms with Crippen molar-refractivity contribution in [3.63, 3.8) is 0 Å². The first-order valence-corrected chi connectivity index (χ1v) is 9.77. The van der Waals surface area contributed by atoms with E-state index in [4.69, 9.17) is 5.10 Å². The molecule has 1 aromatic heterocycles. The maximum Gasteiger partial charge on any atom is 0.0712 e. The van der Waals surface area contributed by atoms with Crippen LogP contribution >= 0.6 is 0 Å². The molecule has 0 fully saturated rings. The Kier molecular flexibility index (Phi) is 4.17. The van der Waals surface area contributed by atoms with Gasteiger partial charge in [0.25, 0.3) is 0 Å². The lowest BCUT2D eigenvalue weighted by atomic mass is 9.79. The lowest BCUT2D eigenvalue weighted by Gasteiger charge is -2.25. The second kappa shape index (κ2) is 6.97. The van der Waals surface area contributed by atoms with Gasteiger partial charge in [0.15, 0.2) is 0 Å². The highest BCUT2D eigenvalue weighted by Gasteiger charge is 2.29. The summed E-state index contributed by atoms with van der Waals surface area (Å²) in [5.41, 5.74) is 8.74. The van der Waals surface area contributed by atoms with Crippen LogP contribution in [0.1, 0.15) is 40.4 Å². The molecule has 1 atom stereocenters. The zero-order valence-electron chi connectivity index (χ0n) is 15.9. The van der Waals surface area contributed by atoms with E-state index in [0.29, 0.717) is 5.92 Å². The van der Waals surface area contributed by atoms with Crippen molar-refractivity contribution < 1.29 is 0 Å². The van der Waals surface area contributed by atoms with Gasteiger partial charge in [0, 0.05) is 11.5 Å². The fourth-order valence-corrected chi connectivity index (χ4v) is 4.26. The highest BCUT2D eigenvalue weighted by molar-refractivity contribution is 5.85. The maximum absolute atomic E-state index is 4.94. The molecule has 136 valence electrons. The second-order valence-corrected chi connectivity index (χ2v) is 7.33. The normalized spacial score (nSPS) is 15.8. The summed E-state index contributed by atoms with van der Waals surface area (Å²) in [6.07, 6.45) is 3.32. The van der Waals surface area contributed by atoms with Gasteiger partial charge in [0.1, 0.15) is 0 Å². The first-order chi connectivity index (χ1) is 13.8. The summed E-state index contributed by atoms with van der Waals surface area (Å²) in [4.78, 5) is 0. The minimum Gasteiger partial charge on any atom is -0.233 e. The molecule has 0 aliphatic heterocycles. The van der Waals surface area contributed by atoms with Crippen LogP contribution in [-0.4, -0.2) is 9.78 Å². The average molecular weight is 362 g/mol. The molecule has 0 saturated heterocycles. The van der Waals surface area contributed by atoms with Crippen LogP contribution < -0.4 is 0 Å². The summed E-state index contributed by atoms with van der Waals surface area (Å²) in [5.74, 6) is 0.314. The molecule has 28 heavy (non-hydrogen) atoms. The molecular weight excluding hydrogens is 340 g/mol. The van der Waals surface area contributed by atoms with E-state index < -0.39 is 0 Å². The van der Waals surface area contributed by atoms with E-state index in [1.54, 1.807) is 0 Å². The zero-order chi connectivity index (χ0) is 18.9. The van der Waals surface area contributed by atoms with Gasteiger partial charge in [-0.2, -0.15) is 5.10 Å². The first-order valence-electron chi connectivity index (χ1n) is 9.77. The summed E-state index contributed by atoms with van der Waals surface area (Å²) >= 11 is 0. The van der Waals surface area contributed by atoms with E-state index in [1.807, 2.05) is 6.07 Å². The van der Waals surface area contributed by atoms with E-state index in [2.05, 4.69) is 103 Å². The summed E-state index contributed by atoms with van der Waals surface area (Å²) in [5, 5.41) is 4.94. The van der Waals surface area contributed by atoms with Gasteiger partial charge in [-0.1, -0.05) is 78.9 Å². The second-order valence-electron chi connectivity index (χ2n) is 7.33. The molecule has 2 heteroatoms. The van der Waals surface area contributed by atoms with Gasteiger partial charge in [-0.15, -0.1) is 0 Å². The Balaban J connectivity index is 1.74. The van der Waals surface area contributed by atoms with Crippen LogP contribution in [0, 0.1) is 6.92 Å². The lowest BCUT2D eigenvalue weighted by Crippen LogP contribution is -2.10. The molecule has 0 radical (unpaired) electrons. The van der Waals surface area contributed by atoms with E-state index >= 15 is 0 Å². The minimum absolute atomic E-state index is 0.314. The van der Waals surface area contributed by atoms with Gasteiger partial charge in [-0.05, 0) is 48.3 Å². The van der Waals surface area contributed by atoms with E-state index in [-0.39, 0.29) is 0 Å². The van der Waals surface area contributed by atoms with E-state index in [9.17, 15) is 0 Å². The fraction of sp³-hybridized carbons (Fsp3) is 0.115. The number of nitrogens with zero attached hydrogens (tertiary/aromatic N) is 2. The zero-order valence-corrected chi connectivity index (χ0v) is 15.9. The van der Waals surface area contributed by atoms with Crippen molar-refractivity contribution >= 4 is 11.6 Å².